The van der Waals surface area contributed by atoms with Crippen LogP contribution in [0.3, 0.4) is 0 Å². The third-order valence-electron chi connectivity index (χ3n) is 4.19. The number of nitro groups is 1. The molecule has 1 aromatic carbocycles. The van der Waals surface area contributed by atoms with Crippen LogP contribution in [0.2, 0.25) is 0 Å². The molecule has 2 fully saturated rings. The molecular formula is C15H20N4O3. The zero-order valence-electron chi connectivity index (χ0n) is 12.6. The van der Waals surface area contributed by atoms with E-state index >= 15 is 0 Å². The predicted octanol–water partition coefficient (Wildman–Crippen LogP) is 1.24. The van der Waals surface area contributed by atoms with Crippen LogP contribution in [0.1, 0.15) is 23.2 Å². The van der Waals surface area contributed by atoms with E-state index in [1.807, 2.05) is 11.9 Å². The lowest BCUT2D eigenvalue weighted by Crippen LogP contribution is -2.44. The number of rotatable bonds is 4. The van der Waals surface area contributed by atoms with Crippen LogP contribution in [0.15, 0.2) is 18.2 Å². The average Bonchev–Trinajstić information content (AvgIpc) is 3.31. The number of piperazine rings is 1. The molecule has 0 radical (unpaired) electrons. The van der Waals surface area contributed by atoms with Crippen LogP contribution in [0.4, 0.5) is 11.4 Å². The molecule has 1 aliphatic heterocycles. The molecule has 1 aliphatic carbocycles. The summed E-state index contributed by atoms with van der Waals surface area (Å²) in [6, 6.07) is 5.01. The fraction of sp³-hybridized carbons (Fsp3) is 0.533. The fourth-order valence-electron chi connectivity index (χ4n) is 2.62. The number of benzene rings is 1. The average molecular weight is 304 g/mol. The monoisotopic (exact) mass is 304 g/mol. The van der Waals surface area contributed by atoms with Crippen molar-refractivity contribution >= 4 is 17.3 Å². The summed E-state index contributed by atoms with van der Waals surface area (Å²) in [5, 5.41) is 14.2. The van der Waals surface area contributed by atoms with Crippen molar-refractivity contribution in [2.24, 2.45) is 0 Å². The lowest BCUT2D eigenvalue weighted by atomic mass is 10.1. The van der Waals surface area contributed by atoms with Crippen molar-refractivity contribution in [3.05, 3.63) is 33.9 Å². The van der Waals surface area contributed by atoms with Crippen LogP contribution in [-0.4, -0.2) is 55.0 Å². The minimum absolute atomic E-state index is 0.00741. The van der Waals surface area contributed by atoms with Gasteiger partial charge < -0.3 is 15.1 Å². The first-order chi connectivity index (χ1) is 10.5. The van der Waals surface area contributed by atoms with Crippen LogP contribution < -0.4 is 10.2 Å². The molecule has 0 atom stereocenters. The Balaban J connectivity index is 1.83. The summed E-state index contributed by atoms with van der Waals surface area (Å²) in [7, 11) is 2.04. The second-order valence-electron chi connectivity index (χ2n) is 6.00. The van der Waals surface area contributed by atoms with E-state index in [1.165, 1.54) is 6.07 Å². The summed E-state index contributed by atoms with van der Waals surface area (Å²) in [6.45, 7) is 3.26. The molecule has 1 heterocycles. The van der Waals surface area contributed by atoms with E-state index in [9.17, 15) is 14.9 Å². The fourth-order valence-corrected chi connectivity index (χ4v) is 2.62. The van der Waals surface area contributed by atoms with Gasteiger partial charge in [-0.05, 0) is 32.0 Å². The zero-order valence-corrected chi connectivity index (χ0v) is 12.6. The van der Waals surface area contributed by atoms with Crippen LogP contribution in [-0.2, 0) is 0 Å². The smallest absolute Gasteiger partial charge is 0.293 e. The van der Waals surface area contributed by atoms with Gasteiger partial charge in [-0.25, -0.2) is 0 Å². The van der Waals surface area contributed by atoms with Gasteiger partial charge in [0.1, 0.15) is 5.69 Å². The Kier molecular flexibility index (Phi) is 3.98. The Hall–Kier alpha value is -2.15. The Labute approximate surface area is 129 Å². The number of carbonyl (C=O) groups is 1. The van der Waals surface area contributed by atoms with E-state index in [-0.39, 0.29) is 17.6 Å². The van der Waals surface area contributed by atoms with Crippen molar-refractivity contribution in [1.82, 2.24) is 10.2 Å². The minimum Gasteiger partial charge on any atom is -0.363 e. The lowest BCUT2D eigenvalue weighted by molar-refractivity contribution is -0.384. The molecule has 3 rings (SSSR count). The molecule has 1 aromatic rings. The molecule has 2 aliphatic rings. The van der Waals surface area contributed by atoms with Crippen molar-refractivity contribution in [3.8, 4) is 0 Å². The maximum atomic E-state index is 12.0. The van der Waals surface area contributed by atoms with Gasteiger partial charge in [0.2, 0.25) is 0 Å². The molecule has 118 valence electrons. The zero-order chi connectivity index (χ0) is 15.7. The van der Waals surface area contributed by atoms with E-state index in [1.54, 1.807) is 12.1 Å². The van der Waals surface area contributed by atoms with Crippen LogP contribution in [0, 0.1) is 10.1 Å². The van der Waals surface area contributed by atoms with Gasteiger partial charge in [0.05, 0.1) is 4.92 Å². The number of hydrogen-bond acceptors (Lipinski definition) is 5. The van der Waals surface area contributed by atoms with Gasteiger partial charge in [-0.3, -0.25) is 14.9 Å². The number of amides is 1. The number of nitrogens with zero attached hydrogens (tertiary/aromatic N) is 3. The first-order valence-corrected chi connectivity index (χ1v) is 7.57. The molecule has 7 heteroatoms. The van der Waals surface area contributed by atoms with Gasteiger partial charge in [0.25, 0.3) is 11.6 Å². The van der Waals surface area contributed by atoms with Crippen molar-refractivity contribution < 1.29 is 9.72 Å². The molecular weight excluding hydrogens is 284 g/mol. The van der Waals surface area contributed by atoms with E-state index in [0.717, 1.165) is 39.0 Å². The molecule has 0 aromatic heterocycles. The van der Waals surface area contributed by atoms with Gasteiger partial charge in [-0.15, -0.1) is 0 Å². The number of nitrogens with one attached hydrogen (secondary N) is 1. The summed E-state index contributed by atoms with van der Waals surface area (Å²) in [5.41, 5.74) is 0.963. The van der Waals surface area contributed by atoms with E-state index in [2.05, 4.69) is 10.2 Å². The maximum Gasteiger partial charge on any atom is 0.293 e. The quantitative estimate of drug-likeness (QED) is 0.669. The standard InChI is InChI=1S/C15H20N4O3/c1-17-6-8-18(9-7-17)13-5-2-11(10-14(13)19(21)22)15(20)16-12-3-4-12/h2,5,10,12H,3-4,6-9H2,1H3,(H,16,20). The molecule has 1 saturated heterocycles. The highest BCUT2D eigenvalue weighted by molar-refractivity contribution is 5.96. The maximum absolute atomic E-state index is 12.0. The number of nitro benzene ring substituents is 1. The second-order valence-corrected chi connectivity index (χ2v) is 6.00. The van der Waals surface area contributed by atoms with Gasteiger partial charge in [0, 0.05) is 43.9 Å². The Morgan fingerprint density at radius 3 is 2.55 bits per heavy atom. The van der Waals surface area contributed by atoms with Gasteiger partial charge in [-0.2, -0.15) is 0 Å². The molecule has 0 unspecified atom stereocenters. The normalized spacial score (nSPS) is 19.0. The van der Waals surface area contributed by atoms with Crippen LogP contribution in [0.25, 0.3) is 0 Å². The molecule has 1 amide bonds. The topological polar surface area (TPSA) is 78.7 Å². The van der Waals surface area contributed by atoms with Gasteiger partial charge in [0.15, 0.2) is 0 Å². The highest BCUT2D eigenvalue weighted by Crippen LogP contribution is 2.30. The minimum atomic E-state index is -0.401. The molecule has 1 saturated carbocycles. The number of hydrogen-bond donors (Lipinski definition) is 1. The van der Waals surface area contributed by atoms with Crippen molar-refractivity contribution in [1.29, 1.82) is 0 Å². The van der Waals surface area contributed by atoms with Crippen molar-refractivity contribution in [2.45, 2.75) is 18.9 Å². The summed E-state index contributed by atoms with van der Waals surface area (Å²) in [4.78, 5) is 27.2. The second kappa shape index (κ2) is 5.92. The SMILES string of the molecule is CN1CCN(c2ccc(C(=O)NC3CC3)cc2[N+](=O)[O-])CC1. The first-order valence-electron chi connectivity index (χ1n) is 7.57. The van der Waals surface area contributed by atoms with Crippen LogP contribution >= 0.6 is 0 Å². The summed E-state index contributed by atoms with van der Waals surface area (Å²) in [5.74, 6) is -0.226. The van der Waals surface area contributed by atoms with Crippen LogP contribution in [0.5, 0.6) is 0 Å². The molecule has 7 nitrogen and oxygen atoms in total. The Bertz CT molecular complexity index is 592. The number of carbonyl (C=O) groups excluding carboxylic acids is 1. The van der Waals surface area contributed by atoms with Gasteiger partial charge >= 0.3 is 0 Å². The molecule has 22 heavy (non-hydrogen) atoms. The molecule has 1 N–H and O–H groups in total. The summed E-state index contributed by atoms with van der Waals surface area (Å²) >= 11 is 0. The highest BCUT2D eigenvalue weighted by atomic mass is 16.6. The van der Waals surface area contributed by atoms with E-state index in [4.69, 9.17) is 0 Å². The summed E-state index contributed by atoms with van der Waals surface area (Å²) < 4.78 is 0. The largest absolute Gasteiger partial charge is 0.363 e. The number of likely N-dealkylation sites (N-methyl/N-ethyl adjacent to an activating group) is 1. The molecule has 0 bridgehead atoms. The lowest BCUT2D eigenvalue weighted by Gasteiger charge is -2.33. The first kappa shape index (κ1) is 14.8. The highest BCUT2D eigenvalue weighted by Gasteiger charge is 2.27. The summed E-state index contributed by atoms with van der Waals surface area (Å²) in [6.07, 6.45) is 1.99. The van der Waals surface area contributed by atoms with E-state index in [0.29, 0.717) is 11.3 Å². The Morgan fingerprint density at radius 1 is 1.27 bits per heavy atom. The van der Waals surface area contributed by atoms with Crippen molar-refractivity contribution in [3.63, 3.8) is 0 Å². The predicted molar refractivity (Wildman–Crippen MR) is 83.3 cm³/mol. The Morgan fingerprint density at radius 2 is 1.95 bits per heavy atom. The third-order valence-corrected chi connectivity index (χ3v) is 4.19. The van der Waals surface area contributed by atoms with E-state index < -0.39 is 4.92 Å². The van der Waals surface area contributed by atoms with Crippen molar-refractivity contribution in [2.75, 3.05) is 38.1 Å². The van der Waals surface area contributed by atoms with Gasteiger partial charge in [-0.1, -0.05) is 0 Å². The molecule has 0 spiro atoms. The third kappa shape index (κ3) is 3.19. The number of anilines is 1.